The van der Waals surface area contributed by atoms with Gasteiger partial charge < -0.3 is 20.3 Å². The first kappa shape index (κ1) is 11.2. The lowest BCUT2D eigenvalue weighted by atomic mass is 9.89. The van der Waals surface area contributed by atoms with E-state index in [0.29, 0.717) is 18.8 Å². The SMILES string of the molecule is COc1ccc2c(c1)OCCCC2(O)CN. The molecule has 0 bridgehead atoms. The average molecular weight is 223 g/mol. The van der Waals surface area contributed by atoms with Gasteiger partial charge in [0.05, 0.1) is 13.7 Å². The first-order valence-corrected chi connectivity index (χ1v) is 5.43. The number of rotatable bonds is 2. The molecule has 0 saturated carbocycles. The Morgan fingerprint density at radius 2 is 2.38 bits per heavy atom. The average Bonchev–Trinajstić information content (AvgIpc) is 2.49. The monoisotopic (exact) mass is 223 g/mol. The number of aliphatic hydroxyl groups is 1. The number of benzene rings is 1. The molecule has 0 aliphatic carbocycles. The Morgan fingerprint density at radius 1 is 1.56 bits per heavy atom. The highest BCUT2D eigenvalue weighted by atomic mass is 16.5. The minimum atomic E-state index is -0.974. The third kappa shape index (κ3) is 1.86. The van der Waals surface area contributed by atoms with Crippen LogP contribution in [0.15, 0.2) is 18.2 Å². The summed E-state index contributed by atoms with van der Waals surface area (Å²) in [6.45, 7) is 0.804. The van der Waals surface area contributed by atoms with Crippen LogP contribution >= 0.6 is 0 Å². The predicted octanol–water partition coefficient (Wildman–Crippen LogP) is 1.01. The van der Waals surface area contributed by atoms with Crippen LogP contribution in [-0.2, 0) is 5.60 Å². The Hall–Kier alpha value is -1.26. The van der Waals surface area contributed by atoms with Gasteiger partial charge in [0, 0.05) is 18.2 Å². The number of hydrogen-bond acceptors (Lipinski definition) is 4. The summed E-state index contributed by atoms with van der Waals surface area (Å²) in [4.78, 5) is 0. The molecular formula is C12H17NO3. The molecule has 0 aromatic heterocycles. The standard InChI is InChI=1S/C12H17NO3/c1-15-9-3-4-10-11(7-9)16-6-2-5-12(10,14)8-13/h3-4,7,14H,2,5-6,8,13H2,1H3. The summed E-state index contributed by atoms with van der Waals surface area (Å²) in [5.41, 5.74) is 5.44. The normalized spacial score (nSPS) is 24.2. The summed E-state index contributed by atoms with van der Waals surface area (Å²) in [6, 6.07) is 5.43. The second-order valence-corrected chi connectivity index (χ2v) is 4.05. The van der Waals surface area contributed by atoms with Gasteiger partial charge in [-0.1, -0.05) is 0 Å². The van der Waals surface area contributed by atoms with Crippen molar-refractivity contribution in [1.82, 2.24) is 0 Å². The fourth-order valence-electron chi connectivity index (χ4n) is 2.03. The van der Waals surface area contributed by atoms with Gasteiger partial charge in [-0.3, -0.25) is 0 Å². The van der Waals surface area contributed by atoms with Crippen LogP contribution in [0.3, 0.4) is 0 Å². The zero-order valence-corrected chi connectivity index (χ0v) is 9.40. The Labute approximate surface area is 95.0 Å². The minimum absolute atomic E-state index is 0.204. The molecule has 0 fully saturated rings. The van der Waals surface area contributed by atoms with Gasteiger partial charge in [-0.2, -0.15) is 0 Å². The summed E-state index contributed by atoms with van der Waals surface area (Å²) in [5.74, 6) is 1.39. The summed E-state index contributed by atoms with van der Waals surface area (Å²) < 4.78 is 10.7. The van der Waals surface area contributed by atoms with Gasteiger partial charge >= 0.3 is 0 Å². The van der Waals surface area contributed by atoms with E-state index in [-0.39, 0.29) is 6.54 Å². The number of hydrogen-bond donors (Lipinski definition) is 2. The molecule has 4 heteroatoms. The number of fused-ring (bicyclic) bond motifs is 1. The maximum absolute atomic E-state index is 10.4. The van der Waals surface area contributed by atoms with Crippen molar-refractivity contribution in [2.75, 3.05) is 20.3 Å². The van der Waals surface area contributed by atoms with Crippen molar-refractivity contribution in [3.8, 4) is 11.5 Å². The molecule has 0 radical (unpaired) electrons. The largest absolute Gasteiger partial charge is 0.497 e. The lowest BCUT2D eigenvalue weighted by Crippen LogP contribution is -2.34. The first-order chi connectivity index (χ1) is 7.69. The van der Waals surface area contributed by atoms with Gasteiger partial charge in [-0.25, -0.2) is 0 Å². The molecule has 0 spiro atoms. The highest BCUT2D eigenvalue weighted by molar-refractivity contribution is 5.44. The van der Waals surface area contributed by atoms with Crippen molar-refractivity contribution in [2.24, 2.45) is 5.73 Å². The third-order valence-corrected chi connectivity index (χ3v) is 3.02. The highest BCUT2D eigenvalue weighted by Gasteiger charge is 2.32. The Bertz CT molecular complexity index is 381. The minimum Gasteiger partial charge on any atom is -0.497 e. The van der Waals surface area contributed by atoms with Crippen LogP contribution in [0.1, 0.15) is 18.4 Å². The molecular weight excluding hydrogens is 206 g/mol. The quantitative estimate of drug-likeness (QED) is 0.785. The van der Waals surface area contributed by atoms with Gasteiger partial charge in [-0.05, 0) is 25.0 Å². The topological polar surface area (TPSA) is 64.7 Å². The summed E-state index contributed by atoms with van der Waals surface area (Å²) >= 11 is 0. The Balaban J connectivity index is 2.46. The van der Waals surface area contributed by atoms with Crippen LogP contribution in [-0.4, -0.2) is 25.4 Å². The van der Waals surface area contributed by atoms with Crippen molar-refractivity contribution < 1.29 is 14.6 Å². The Morgan fingerprint density at radius 3 is 3.06 bits per heavy atom. The van der Waals surface area contributed by atoms with Gasteiger partial charge in [0.25, 0.3) is 0 Å². The van der Waals surface area contributed by atoms with Crippen LogP contribution in [0.2, 0.25) is 0 Å². The summed E-state index contributed by atoms with van der Waals surface area (Å²) in [7, 11) is 1.60. The van der Waals surface area contributed by atoms with Crippen molar-refractivity contribution >= 4 is 0 Å². The van der Waals surface area contributed by atoms with E-state index in [1.807, 2.05) is 12.1 Å². The molecule has 1 aliphatic rings. The molecule has 1 heterocycles. The fraction of sp³-hybridized carbons (Fsp3) is 0.500. The summed E-state index contributed by atoms with van der Waals surface area (Å²) in [6.07, 6.45) is 1.42. The third-order valence-electron chi connectivity index (χ3n) is 3.02. The molecule has 1 unspecified atom stereocenters. The second kappa shape index (κ2) is 4.31. The van der Waals surface area contributed by atoms with Crippen LogP contribution in [0, 0.1) is 0 Å². The van der Waals surface area contributed by atoms with E-state index in [2.05, 4.69) is 0 Å². The van der Waals surface area contributed by atoms with Crippen LogP contribution in [0.5, 0.6) is 11.5 Å². The van der Waals surface area contributed by atoms with E-state index in [9.17, 15) is 5.11 Å². The van der Waals surface area contributed by atoms with Crippen molar-refractivity contribution in [3.63, 3.8) is 0 Å². The van der Waals surface area contributed by atoms with E-state index in [1.54, 1.807) is 13.2 Å². The first-order valence-electron chi connectivity index (χ1n) is 5.43. The smallest absolute Gasteiger partial charge is 0.129 e. The maximum atomic E-state index is 10.4. The lowest BCUT2D eigenvalue weighted by Gasteiger charge is -2.26. The molecule has 0 amide bonds. The van der Waals surface area contributed by atoms with Crippen LogP contribution < -0.4 is 15.2 Å². The zero-order valence-electron chi connectivity index (χ0n) is 9.40. The molecule has 0 saturated heterocycles. The van der Waals surface area contributed by atoms with Crippen molar-refractivity contribution in [2.45, 2.75) is 18.4 Å². The van der Waals surface area contributed by atoms with Gasteiger partial charge in [-0.15, -0.1) is 0 Å². The second-order valence-electron chi connectivity index (χ2n) is 4.05. The maximum Gasteiger partial charge on any atom is 0.129 e. The predicted molar refractivity (Wildman–Crippen MR) is 60.7 cm³/mol. The summed E-state index contributed by atoms with van der Waals surface area (Å²) in [5, 5.41) is 10.4. The number of nitrogens with two attached hydrogens (primary N) is 1. The van der Waals surface area contributed by atoms with Gasteiger partial charge in [0.1, 0.15) is 17.1 Å². The Kier molecular flexibility index (Phi) is 3.03. The molecule has 1 aromatic rings. The molecule has 88 valence electrons. The molecule has 1 aromatic carbocycles. The van der Waals surface area contributed by atoms with Crippen molar-refractivity contribution in [3.05, 3.63) is 23.8 Å². The van der Waals surface area contributed by atoms with Gasteiger partial charge in [0.2, 0.25) is 0 Å². The molecule has 16 heavy (non-hydrogen) atoms. The highest BCUT2D eigenvalue weighted by Crippen LogP contribution is 2.37. The molecule has 1 atom stereocenters. The molecule has 3 N–H and O–H groups in total. The van der Waals surface area contributed by atoms with E-state index >= 15 is 0 Å². The number of methoxy groups -OCH3 is 1. The number of ether oxygens (including phenoxy) is 2. The fourth-order valence-corrected chi connectivity index (χ4v) is 2.03. The molecule has 4 nitrogen and oxygen atoms in total. The van der Waals surface area contributed by atoms with Crippen LogP contribution in [0.4, 0.5) is 0 Å². The molecule has 2 rings (SSSR count). The van der Waals surface area contributed by atoms with Crippen molar-refractivity contribution in [1.29, 1.82) is 0 Å². The van der Waals surface area contributed by atoms with Gasteiger partial charge in [0.15, 0.2) is 0 Å². The van der Waals surface area contributed by atoms with E-state index in [4.69, 9.17) is 15.2 Å². The zero-order chi connectivity index (χ0) is 11.6. The van der Waals surface area contributed by atoms with Crippen LogP contribution in [0.25, 0.3) is 0 Å². The van der Waals surface area contributed by atoms with E-state index in [0.717, 1.165) is 17.7 Å². The molecule has 1 aliphatic heterocycles. The van der Waals surface area contributed by atoms with E-state index < -0.39 is 5.60 Å². The lowest BCUT2D eigenvalue weighted by molar-refractivity contribution is 0.0374. The van der Waals surface area contributed by atoms with E-state index in [1.165, 1.54) is 0 Å².